The van der Waals surface area contributed by atoms with Crippen LogP contribution >= 0.6 is 12.4 Å². The Morgan fingerprint density at radius 1 is 0.690 bits per heavy atom. The fourth-order valence-corrected chi connectivity index (χ4v) is 3.75. The Morgan fingerprint density at radius 3 is 1.45 bits per heavy atom. The third-order valence-corrected chi connectivity index (χ3v) is 4.93. The van der Waals surface area contributed by atoms with Crippen LogP contribution < -0.4 is 22.1 Å². The SMILES string of the molecule is Cc1cc(NCCN)c2ccc3c(ccc4c(NCCN)cc(C)nc43)c2n1.Cl. The number of halogens is 1. The first-order valence-electron chi connectivity index (χ1n) is 9.64. The summed E-state index contributed by atoms with van der Waals surface area (Å²) >= 11 is 0. The molecule has 6 nitrogen and oxygen atoms in total. The second-order valence-electron chi connectivity index (χ2n) is 7.07. The Morgan fingerprint density at radius 2 is 1.07 bits per heavy atom. The summed E-state index contributed by atoms with van der Waals surface area (Å²) in [6, 6.07) is 12.7. The van der Waals surface area contributed by atoms with E-state index in [1.165, 1.54) is 0 Å². The third kappa shape index (κ3) is 3.92. The number of benzene rings is 2. The lowest BCUT2D eigenvalue weighted by Gasteiger charge is -2.14. The van der Waals surface area contributed by atoms with Crippen LogP contribution in [0.3, 0.4) is 0 Å². The number of nitrogens with zero attached hydrogens (tertiary/aromatic N) is 2. The molecule has 2 aromatic heterocycles. The number of hydrogen-bond donors (Lipinski definition) is 4. The van der Waals surface area contributed by atoms with Crippen molar-refractivity contribution in [2.24, 2.45) is 11.5 Å². The van der Waals surface area contributed by atoms with Crippen LogP contribution in [-0.2, 0) is 0 Å². The van der Waals surface area contributed by atoms with E-state index in [-0.39, 0.29) is 12.4 Å². The van der Waals surface area contributed by atoms with Crippen LogP contribution in [0.5, 0.6) is 0 Å². The van der Waals surface area contributed by atoms with Crippen LogP contribution in [-0.4, -0.2) is 36.1 Å². The Hall–Kier alpha value is -2.67. The number of aromatic nitrogens is 2. The van der Waals surface area contributed by atoms with Gasteiger partial charge in [0.15, 0.2) is 0 Å². The van der Waals surface area contributed by atoms with Crippen molar-refractivity contribution < 1.29 is 0 Å². The molecule has 0 bridgehead atoms. The van der Waals surface area contributed by atoms with Crippen molar-refractivity contribution in [2.45, 2.75) is 13.8 Å². The Labute approximate surface area is 176 Å². The third-order valence-electron chi connectivity index (χ3n) is 4.93. The maximum Gasteiger partial charge on any atom is 0.0805 e. The Bertz CT molecular complexity index is 1080. The molecule has 0 fully saturated rings. The lowest BCUT2D eigenvalue weighted by molar-refractivity contribution is 1.02. The first kappa shape index (κ1) is 21.0. The normalized spacial score (nSPS) is 11.0. The van der Waals surface area contributed by atoms with Gasteiger partial charge < -0.3 is 22.1 Å². The molecular weight excluding hydrogens is 384 g/mol. The predicted octanol–water partition coefficient (Wildman–Crippen LogP) is 3.72. The summed E-state index contributed by atoms with van der Waals surface area (Å²) in [5.41, 5.74) is 17.4. The highest BCUT2D eigenvalue weighted by Crippen LogP contribution is 2.35. The highest BCUT2D eigenvalue weighted by Gasteiger charge is 2.12. The molecule has 4 aromatic rings. The molecule has 0 amide bonds. The molecule has 0 aliphatic rings. The van der Waals surface area contributed by atoms with Crippen LogP contribution in [0.1, 0.15) is 11.4 Å². The largest absolute Gasteiger partial charge is 0.383 e. The number of fused-ring (bicyclic) bond motifs is 5. The van der Waals surface area contributed by atoms with Gasteiger partial charge in [0.2, 0.25) is 0 Å². The van der Waals surface area contributed by atoms with E-state index >= 15 is 0 Å². The minimum atomic E-state index is 0. The maximum absolute atomic E-state index is 5.67. The summed E-state index contributed by atoms with van der Waals surface area (Å²) in [6.45, 7) is 6.66. The zero-order valence-electron chi connectivity index (χ0n) is 16.7. The van der Waals surface area contributed by atoms with E-state index < -0.39 is 0 Å². The van der Waals surface area contributed by atoms with E-state index in [2.05, 4.69) is 47.0 Å². The molecule has 152 valence electrons. The zero-order chi connectivity index (χ0) is 19.7. The number of nitrogens with two attached hydrogens (primary N) is 2. The molecule has 29 heavy (non-hydrogen) atoms. The van der Waals surface area contributed by atoms with Crippen molar-refractivity contribution in [2.75, 3.05) is 36.8 Å². The quantitative estimate of drug-likeness (QED) is 0.361. The van der Waals surface area contributed by atoms with Gasteiger partial charge >= 0.3 is 0 Å². The predicted molar refractivity (Wildman–Crippen MR) is 126 cm³/mol. The highest BCUT2D eigenvalue weighted by molar-refractivity contribution is 6.18. The fourth-order valence-electron chi connectivity index (χ4n) is 3.75. The monoisotopic (exact) mass is 410 g/mol. The molecule has 2 heterocycles. The van der Waals surface area contributed by atoms with Gasteiger partial charge in [-0.2, -0.15) is 0 Å². The van der Waals surface area contributed by atoms with E-state index in [0.717, 1.165) is 68.4 Å². The van der Waals surface area contributed by atoms with Crippen molar-refractivity contribution >= 4 is 56.4 Å². The van der Waals surface area contributed by atoms with Crippen LogP contribution in [0.25, 0.3) is 32.6 Å². The zero-order valence-corrected chi connectivity index (χ0v) is 17.6. The molecule has 2 aromatic carbocycles. The van der Waals surface area contributed by atoms with E-state index in [0.29, 0.717) is 13.1 Å². The van der Waals surface area contributed by atoms with Crippen molar-refractivity contribution in [3.63, 3.8) is 0 Å². The molecule has 4 rings (SSSR count). The van der Waals surface area contributed by atoms with Gasteiger partial charge in [0.05, 0.1) is 11.0 Å². The number of pyridine rings is 2. The molecule has 0 spiro atoms. The summed E-state index contributed by atoms with van der Waals surface area (Å²) in [5, 5.41) is 11.2. The average Bonchev–Trinajstić information content (AvgIpc) is 2.69. The summed E-state index contributed by atoms with van der Waals surface area (Å²) < 4.78 is 0. The van der Waals surface area contributed by atoms with E-state index in [9.17, 15) is 0 Å². The van der Waals surface area contributed by atoms with Gasteiger partial charge in [0, 0.05) is 70.5 Å². The molecule has 0 unspecified atom stereocenters. The summed E-state index contributed by atoms with van der Waals surface area (Å²) in [5.74, 6) is 0. The lowest BCUT2D eigenvalue weighted by atomic mass is 10.0. The van der Waals surface area contributed by atoms with Crippen LogP contribution in [0.2, 0.25) is 0 Å². The van der Waals surface area contributed by atoms with Crippen molar-refractivity contribution in [3.05, 3.63) is 47.8 Å². The topological polar surface area (TPSA) is 102 Å². The summed E-state index contributed by atoms with van der Waals surface area (Å²) in [6.07, 6.45) is 0. The second kappa shape index (κ2) is 8.78. The minimum absolute atomic E-state index is 0. The lowest BCUT2D eigenvalue weighted by Crippen LogP contribution is -2.13. The van der Waals surface area contributed by atoms with Gasteiger partial charge in [-0.3, -0.25) is 9.97 Å². The number of aryl methyl sites for hydroxylation is 2. The highest BCUT2D eigenvalue weighted by atomic mass is 35.5. The van der Waals surface area contributed by atoms with E-state index in [4.69, 9.17) is 21.4 Å². The maximum atomic E-state index is 5.67. The van der Waals surface area contributed by atoms with Gasteiger partial charge in [-0.25, -0.2) is 0 Å². The van der Waals surface area contributed by atoms with Gasteiger partial charge in [0.25, 0.3) is 0 Å². The number of anilines is 2. The molecule has 0 saturated carbocycles. The number of nitrogens with one attached hydrogen (secondary N) is 2. The molecule has 0 aliphatic heterocycles. The molecule has 0 radical (unpaired) electrons. The summed E-state index contributed by atoms with van der Waals surface area (Å²) in [4.78, 5) is 9.69. The molecule has 0 atom stereocenters. The summed E-state index contributed by atoms with van der Waals surface area (Å²) in [7, 11) is 0. The van der Waals surface area contributed by atoms with Crippen LogP contribution in [0.15, 0.2) is 36.4 Å². The first-order valence-corrected chi connectivity index (χ1v) is 9.64. The van der Waals surface area contributed by atoms with E-state index in [1.807, 2.05) is 13.8 Å². The van der Waals surface area contributed by atoms with Crippen molar-refractivity contribution in [1.29, 1.82) is 0 Å². The van der Waals surface area contributed by atoms with Crippen LogP contribution in [0.4, 0.5) is 11.4 Å². The standard InChI is InChI=1S/C22H26N6.ClH/c1-13-11-19(25-9-7-23)17-5-4-16-15(21(17)27-13)3-6-18-20(26-10-8-24)12-14(2)28-22(16)18;/h3-6,11-12H,7-10,23-24H2,1-2H3,(H,25,27)(H,26,28);1H. The van der Waals surface area contributed by atoms with Crippen LogP contribution in [0, 0.1) is 13.8 Å². The number of hydrogen-bond acceptors (Lipinski definition) is 6. The van der Waals surface area contributed by atoms with E-state index in [1.54, 1.807) is 0 Å². The Balaban J connectivity index is 0.00000240. The minimum Gasteiger partial charge on any atom is -0.383 e. The van der Waals surface area contributed by atoms with Crippen molar-refractivity contribution in [3.8, 4) is 0 Å². The molecule has 6 N–H and O–H groups in total. The van der Waals surface area contributed by atoms with Gasteiger partial charge in [0.1, 0.15) is 0 Å². The first-order chi connectivity index (χ1) is 13.6. The Kier molecular flexibility index (Phi) is 6.37. The fraction of sp³-hybridized carbons (Fsp3) is 0.273. The van der Waals surface area contributed by atoms with Gasteiger partial charge in [-0.15, -0.1) is 12.4 Å². The van der Waals surface area contributed by atoms with Gasteiger partial charge in [-0.1, -0.05) is 24.3 Å². The molecule has 0 saturated heterocycles. The van der Waals surface area contributed by atoms with Crippen molar-refractivity contribution in [1.82, 2.24) is 9.97 Å². The average molecular weight is 411 g/mol. The smallest absolute Gasteiger partial charge is 0.0805 e. The molecule has 7 heteroatoms. The second-order valence-corrected chi connectivity index (χ2v) is 7.07. The number of rotatable bonds is 6. The molecule has 0 aliphatic carbocycles. The molecular formula is C22H27ClN6. The van der Waals surface area contributed by atoms with Gasteiger partial charge in [-0.05, 0) is 26.0 Å².